The van der Waals surface area contributed by atoms with Gasteiger partial charge in [0.2, 0.25) is 0 Å². The van der Waals surface area contributed by atoms with Crippen LogP contribution in [0.2, 0.25) is 0 Å². The molecule has 186 valence electrons. The number of carbonyl (C=O) groups excluding carboxylic acids is 2. The minimum absolute atomic E-state index is 0.0211. The van der Waals surface area contributed by atoms with Gasteiger partial charge in [0.25, 0.3) is 11.7 Å². The molecular weight excluding hydrogens is 450 g/mol. The molecule has 2 aromatic rings. The standard InChI is InChI=1S/C27H31NO7/c1-27(2,3)18-14-17(7-8-19(18)33-5)24(29)22-23(28(10-11-32-4)26(31)25(22)30)16-6-9-20-21(15-16)35-13-12-34-20/h6-9,14-15,23,29H,10-13H2,1-5H3/b24-22+. The maximum Gasteiger partial charge on any atom is 0.295 e. The zero-order chi connectivity index (χ0) is 25.3. The number of nitrogens with zero attached hydrogens (tertiary/aromatic N) is 1. The van der Waals surface area contributed by atoms with E-state index in [4.69, 9.17) is 18.9 Å². The van der Waals surface area contributed by atoms with Crippen LogP contribution in [0.15, 0.2) is 42.0 Å². The lowest BCUT2D eigenvalue weighted by Crippen LogP contribution is -2.32. The Morgan fingerprint density at radius 3 is 2.43 bits per heavy atom. The van der Waals surface area contributed by atoms with Crippen LogP contribution in [0.3, 0.4) is 0 Å². The van der Waals surface area contributed by atoms with Gasteiger partial charge in [0.05, 0.1) is 25.3 Å². The van der Waals surface area contributed by atoms with Crippen LogP contribution in [0.5, 0.6) is 17.2 Å². The lowest BCUT2D eigenvalue weighted by Gasteiger charge is -2.27. The third kappa shape index (κ3) is 4.58. The van der Waals surface area contributed by atoms with Crippen LogP contribution < -0.4 is 14.2 Å². The van der Waals surface area contributed by atoms with Gasteiger partial charge in [0, 0.05) is 24.8 Å². The van der Waals surface area contributed by atoms with E-state index in [1.807, 2.05) is 20.8 Å². The molecule has 2 aliphatic rings. The molecule has 8 nitrogen and oxygen atoms in total. The van der Waals surface area contributed by atoms with Crippen LogP contribution in [0.25, 0.3) is 5.76 Å². The summed E-state index contributed by atoms with van der Waals surface area (Å²) in [6.45, 7) is 7.39. The van der Waals surface area contributed by atoms with Gasteiger partial charge in [-0.05, 0) is 41.3 Å². The first-order chi connectivity index (χ1) is 16.7. The molecule has 1 atom stereocenters. The lowest BCUT2D eigenvalue weighted by molar-refractivity contribution is -0.140. The molecule has 1 saturated heterocycles. The highest BCUT2D eigenvalue weighted by atomic mass is 16.6. The number of likely N-dealkylation sites (tertiary alicyclic amines) is 1. The average Bonchev–Trinajstić information content (AvgIpc) is 3.10. The van der Waals surface area contributed by atoms with Gasteiger partial charge in [-0.3, -0.25) is 9.59 Å². The lowest BCUT2D eigenvalue weighted by atomic mass is 9.84. The normalized spacial score (nSPS) is 19.2. The highest BCUT2D eigenvalue weighted by molar-refractivity contribution is 6.46. The fourth-order valence-electron chi connectivity index (χ4n) is 4.47. The van der Waals surface area contributed by atoms with Crippen LogP contribution in [-0.2, 0) is 19.7 Å². The molecule has 2 aliphatic heterocycles. The Morgan fingerprint density at radius 2 is 1.77 bits per heavy atom. The highest BCUT2D eigenvalue weighted by Gasteiger charge is 2.46. The molecule has 0 spiro atoms. The minimum Gasteiger partial charge on any atom is -0.507 e. The van der Waals surface area contributed by atoms with Gasteiger partial charge in [0.15, 0.2) is 11.5 Å². The Balaban J connectivity index is 1.88. The van der Waals surface area contributed by atoms with Crippen LogP contribution >= 0.6 is 0 Å². The number of hydrogen-bond acceptors (Lipinski definition) is 7. The summed E-state index contributed by atoms with van der Waals surface area (Å²) in [4.78, 5) is 27.7. The van der Waals surface area contributed by atoms with Crippen LogP contribution in [-0.4, -0.2) is 62.3 Å². The van der Waals surface area contributed by atoms with Gasteiger partial charge in [-0.25, -0.2) is 0 Å². The first kappa shape index (κ1) is 24.6. The molecule has 0 aromatic heterocycles. The van der Waals surface area contributed by atoms with E-state index in [1.54, 1.807) is 43.5 Å². The number of benzene rings is 2. The topological polar surface area (TPSA) is 94.5 Å². The number of ketones is 1. The van der Waals surface area contributed by atoms with Crippen molar-refractivity contribution in [3.05, 3.63) is 58.7 Å². The van der Waals surface area contributed by atoms with Gasteiger partial charge in [-0.15, -0.1) is 0 Å². The van der Waals surface area contributed by atoms with E-state index in [0.717, 1.165) is 5.56 Å². The summed E-state index contributed by atoms with van der Waals surface area (Å²) in [5.41, 5.74) is 1.68. The van der Waals surface area contributed by atoms with Crippen LogP contribution in [0.1, 0.15) is 43.5 Å². The van der Waals surface area contributed by atoms with Gasteiger partial charge in [0.1, 0.15) is 24.7 Å². The van der Waals surface area contributed by atoms with Gasteiger partial charge >= 0.3 is 0 Å². The monoisotopic (exact) mass is 481 g/mol. The molecule has 0 radical (unpaired) electrons. The second kappa shape index (κ2) is 9.62. The molecule has 1 unspecified atom stereocenters. The summed E-state index contributed by atoms with van der Waals surface area (Å²) >= 11 is 0. The number of hydrogen-bond donors (Lipinski definition) is 1. The Kier molecular flexibility index (Phi) is 6.76. The van der Waals surface area contributed by atoms with Gasteiger partial charge < -0.3 is 29.0 Å². The smallest absolute Gasteiger partial charge is 0.295 e. The van der Waals surface area contributed by atoms with E-state index in [1.165, 1.54) is 12.0 Å². The van der Waals surface area contributed by atoms with Crippen molar-refractivity contribution in [3.63, 3.8) is 0 Å². The predicted molar refractivity (Wildman–Crippen MR) is 130 cm³/mol. The summed E-state index contributed by atoms with van der Waals surface area (Å²) < 4.78 is 22.0. The SMILES string of the molecule is COCCN1C(=O)C(=O)/C(=C(/O)c2ccc(OC)c(C(C)(C)C)c2)C1c1ccc2c(c1)OCCO2. The quantitative estimate of drug-likeness (QED) is 0.381. The Labute approximate surface area is 205 Å². The molecule has 35 heavy (non-hydrogen) atoms. The van der Waals surface area contributed by atoms with Crippen molar-refractivity contribution >= 4 is 17.4 Å². The molecule has 0 bridgehead atoms. The van der Waals surface area contributed by atoms with Crippen LogP contribution in [0, 0.1) is 0 Å². The van der Waals surface area contributed by atoms with Gasteiger partial charge in [-0.2, -0.15) is 0 Å². The van der Waals surface area contributed by atoms with Crippen molar-refractivity contribution in [1.82, 2.24) is 4.90 Å². The number of rotatable bonds is 6. The number of fused-ring (bicyclic) bond motifs is 1. The minimum atomic E-state index is -0.804. The van der Waals surface area contributed by atoms with E-state index >= 15 is 0 Å². The highest BCUT2D eigenvalue weighted by Crippen LogP contribution is 2.43. The van der Waals surface area contributed by atoms with Gasteiger partial charge in [-0.1, -0.05) is 26.8 Å². The first-order valence-corrected chi connectivity index (χ1v) is 11.5. The van der Waals surface area contributed by atoms with E-state index < -0.39 is 17.7 Å². The number of aliphatic hydroxyl groups excluding tert-OH is 1. The molecule has 0 aliphatic carbocycles. The summed E-state index contributed by atoms with van der Waals surface area (Å²) in [6, 6.07) is 9.74. The molecule has 1 amide bonds. The second-order valence-electron chi connectivity index (χ2n) is 9.55. The average molecular weight is 482 g/mol. The molecule has 2 heterocycles. The zero-order valence-corrected chi connectivity index (χ0v) is 20.7. The van der Waals surface area contributed by atoms with Crippen molar-refractivity contribution in [3.8, 4) is 17.2 Å². The molecule has 1 N–H and O–H groups in total. The molecule has 8 heteroatoms. The number of carbonyl (C=O) groups is 2. The van der Waals surface area contributed by atoms with E-state index in [9.17, 15) is 14.7 Å². The summed E-state index contributed by atoms with van der Waals surface area (Å²) in [5, 5.41) is 11.4. The van der Waals surface area contributed by atoms with E-state index in [-0.39, 0.29) is 29.9 Å². The molecule has 1 fully saturated rings. The van der Waals surface area contributed by atoms with Crippen molar-refractivity contribution in [2.45, 2.75) is 32.2 Å². The Morgan fingerprint density at radius 1 is 1.06 bits per heavy atom. The largest absolute Gasteiger partial charge is 0.507 e. The second-order valence-corrected chi connectivity index (χ2v) is 9.55. The van der Waals surface area contributed by atoms with Crippen molar-refractivity contribution in [1.29, 1.82) is 0 Å². The Hall–Kier alpha value is -3.52. The third-order valence-corrected chi connectivity index (χ3v) is 6.24. The first-order valence-electron chi connectivity index (χ1n) is 11.5. The fraction of sp³-hybridized carbons (Fsp3) is 0.407. The molecule has 2 aromatic carbocycles. The number of aliphatic hydroxyl groups is 1. The summed E-state index contributed by atoms with van der Waals surface area (Å²) in [6.07, 6.45) is 0. The number of amides is 1. The zero-order valence-electron chi connectivity index (χ0n) is 20.7. The number of ether oxygens (including phenoxy) is 4. The Bertz CT molecular complexity index is 1180. The maximum atomic E-state index is 13.2. The number of methoxy groups -OCH3 is 2. The maximum absolute atomic E-state index is 13.2. The molecule has 4 rings (SSSR count). The van der Waals surface area contributed by atoms with E-state index in [2.05, 4.69) is 0 Å². The van der Waals surface area contributed by atoms with E-state index in [0.29, 0.717) is 41.6 Å². The van der Waals surface area contributed by atoms with Crippen LogP contribution in [0.4, 0.5) is 0 Å². The third-order valence-electron chi connectivity index (χ3n) is 6.24. The summed E-state index contributed by atoms with van der Waals surface area (Å²) in [5.74, 6) is 0.137. The van der Waals surface area contributed by atoms with Crippen molar-refractivity contribution < 1.29 is 33.6 Å². The molecule has 0 saturated carbocycles. The fourth-order valence-corrected chi connectivity index (χ4v) is 4.47. The summed E-state index contributed by atoms with van der Waals surface area (Å²) in [7, 11) is 3.12. The number of Topliss-reactive ketones (excluding diaryl/α,β-unsaturated/α-hetero) is 1. The molecular formula is C27H31NO7. The van der Waals surface area contributed by atoms with Crippen molar-refractivity contribution in [2.24, 2.45) is 0 Å². The van der Waals surface area contributed by atoms with Crippen molar-refractivity contribution in [2.75, 3.05) is 40.6 Å². The predicted octanol–water partition coefficient (Wildman–Crippen LogP) is 3.83.